The van der Waals surface area contributed by atoms with Gasteiger partial charge in [0.15, 0.2) is 0 Å². The largest absolute Gasteiger partial charge is 0.314 e. The van der Waals surface area contributed by atoms with Crippen molar-refractivity contribution in [2.24, 2.45) is 17.3 Å². The van der Waals surface area contributed by atoms with Crippen molar-refractivity contribution in [2.45, 2.75) is 11.8 Å². The fraction of sp³-hybridized carbons (Fsp3) is 0.100. The van der Waals surface area contributed by atoms with Crippen LogP contribution in [0, 0.1) is 18.3 Å². The number of carbonyl (C=O) groups is 1. The summed E-state index contributed by atoms with van der Waals surface area (Å²) in [6, 6.07) is 15.8. The summed E-state index contributed by atoms with van der Waals surface area (Å²) in [7, 11) is -2.17. The molecule has 0 saturated carbocycles. The molecule has 0 unspecified atom stereocenters. The van der Waals surface area contributed by atoms with Crippen molar-refractivity contribution in [1.82, 2.24) is 9.36 Å². The van der Waals surface area contributed by atoms with Gasteiger partial charge in [-0.15, -0.1) is 0 Å². The molecule has 0 fully saturated rings. The Labute approximate surface area is 183 Å². The van der Waals surface area contributed by atoms with E-state index in [-0.39, 0.29) is 10.6 Å². The molecule has 0 saturated heterocycles. The summed E-state index contributed by atoms with van der Waals surface area (Å²) in [4.78, 5) is 25.3. The molecule has 0 aliphatic heterocycles. The predicted molar refractivity (Wildman–Crippen MR) is 119 cm³/mol. The fourth-order valence-electron chi connectivity index (χ4n) is 2.85. The summed E-state index contributed by atoms with van der Waals surface area (Å²) in [6.45, 7) is 1.66. The van der Waals surface area contributed by atoms with E-state index in [4.69, 9.17) is 5.14 Å². The number of primary sulfonamides is 1. The SMILES string of the molecule is Cc1c(NC(=O)/C(C#N)=N\Nc2ccc(S(N)(=O)=O)cc2)c(=O)n(-c2ccccc2)n1C. The number of anilines is 2. The molecule has 1 aromatic heterocycles. The van der Waals surface area contributed by atoms with Crippen LogP contribution in [0.15, 0.2) is 69.4 Å². The highest BCUT2D eigenvalue weighted by Crippen LogP contribution is 2.15. The third kappa shape index (κ3) is 4.59. The smallest absolute Gasteiger partial charge is 0.295 e. The Bertz CT molecular complexity index is 1400. The number of hydrazone groups is 1. The summed E-state index contributed by atoms with van der Waals surface area (Å²) in [5.41, 5.74) is 2.93. The van der Waals surface area contributed by atoms with Crippen LogP contribution < -0.4 is 21.4 Å². The molecule has 0 spiro atoms. The number of hydrogen-bond acceptors (Lipinski definition) is 7. The Balaban J connectivity index is 1.83. The second-order valence-electron chi connectivity index (χ2n) is 6.64. The first kappa shape index (κ1) is 22.5. The quantitative estimate of drug-likeness (QED) is 0.373. The molecule has 0 atom stereocenters. The van der Waals surface area contributed by atoms with Crippen LogP contribution in [0.2, 0.25) is 0 Å². The van der Waals surface area contributed by atoms with Crippen LogP contribution in [0.25, 0.3) is 5.69 Å². The lowest BCUT2D eigenvalue weighted by molar-refractivity contribution is -0.110. The van der Waals surface area contributed by atoms with Gasteiger partial charge < -0.3 is 5.32 Å². The number of nitriles is 1. The lowest BCUT2D eigenvalue weighted by Crippen LogP contribution is -2.27. The zero-order chi connectivity index (χ0) is 23.5. The third-order valence-corrected chi connectivity index (χ3v) is 5.52. The van der Waals surface area contributed by atoms with Crippen LogP contribution in [0.5, 0.6) is 0 Å². The van der Waals surface area contributed by atoms with E-state index in [0.29, 0.717) is 17.1 Å². The highest BCUT2D eigenvalue weighted by molar-refractivity contribution is 7.89. The number of hydrogen-bond donors (Lipinski definition) is 3. The van der Waals surface area contributed by atoms with E-state index in [1.54, 1.807) is 49.0 Å². The molecular formula is C20H19N7O4S. The Morgan fingerprint density at radius 2 is 1.75 bits per heavy atom. The number of nitrogens with two attached hydrogens (primary N) is 1. The molecule has 0 aliphatic rings. The highest BCUT2D eigenvalue weighted by atomic mass is 32.2. The van der Waals surface area contributed by atoms with Gasteiger partial charge >= 0.3 is 0 Å². The van der Waals surface area contributed by atoms with E-state index in [2.05, 4.69) is 15.8 Å². The molecule has 0 aliphatic carbocycles. The number of nitrogens with zero attached hydrogens (tertiary/aromatic N) is 4. The molecule has 11 nitrogen and oxygen atoms in total. The average Bonchev–Trinajstić information content (AvgIpc) is 2.97. The van der Waals surface area contributed by atoms with Crippen molar-refractivity contribution in [3.05, 3.63) is 70.6 Å². The topological polar surface area (TPSA) is 164 Å². The van der Waals surface area contributed by atoms with Gasteiger partial charge in [0.1, 0.15) is 11.8 Å². The summed E-state index contributed by atoms with van der Waals surface area (Å²) in [6.07, 6.45) is 0. The number of aromatic nitrogens is 2. The molecule has 4 N–H and O–H groups in total. The number of benzene rings is 2. The van der Waals surface area contributed by atoms with Crippen LogP contribution in [0.4, 0.5) is 11.4 Å². The predicted octanol–water partition coefficient (Wildman–Crippen LogP) is 1.06. The molecule has 0 radical (unpaired) electrons. The number of nitrogens with one attached hydrogen (secondary N) is 2. The second-order valence-corrected chi connectivity index (χ2v) is 8.21. The van der Waals surface area contributed by atoms with Gasteiger partial charge in [-0.3, -0.25) is 19.7 Å². The zero-order valence-electron chi connectivity index (χ0n) is 17.1. The van der Waals surface area contributed by atoms with Gasteiger partial charge in [0, 0.05) is 7.05 Å². The lowest BCUT2D eigenvalue weighted by atomic mass is 10.3. The first-order valence-corrected chi connectivity index (χ1v) is 10.7. The molecule has 164 valence electrons. The number of carbonyl (C=O) groups excluding carboxylic acids is 1. The van der Waals surface area contributed by atoms with E-state index in [9.17, 15) is 23.3 Å². The van der Waals surface area contributed by atoms with Crippen LogP contribution in [-0.2, 0) is 21.9 Å². The fourth-order valence-corrected chi connectivity index (χ4v) is 3.37. The van der Waals surface area contributed by atoms with Crippen LogP contribution in [0.1, 0.15) is 5.69 Å². The van der Waals surface area contributed by atoms with Crippen molar-refractivity contribution < 1.29 is 13.2 Å². The summed E-state index contributed by atoms with van der Waals surface area (Å²) in [5, 5.41) is 20.5. The molecular weight excluding hydrogens is 434 g/mol. The Hall–Kier alpha value is -4.21. The normalized spacial score (nSPS) is 11.6. The van der Waals surface area contributed by atoms with Crippen LogP contribution in [-0.4, -0.2) is 29.4 Å². The van der Waals surface area contributed by atoms with Crippen LogP contribution in [0.3, 0.4) is 0 Å². The summed E-state index contributed by atoms with van der Waals surface area (Å²) in [5.74, 6) is -0.882. The Kier molecular flexibility index (Phi) is 6.24. The van der Waals surface area contributed by atoms with E-state index in [0.717, 1.165) is 0 Å². The first-order chi connectivity index (χ1) is 15.1. The van der Waals surface area contributed by atoms with Crippen molar-refractivity contribution in [1.29, 1.82) is 5.26 Å². The minimum atomic E-state index is -3.85. The van der Waals surface area contributed by atoms with Gasteiger partial charge in [-0.1, -0.05) is 18.2 Å². The number of para-hydroxylation sites is 1. The number of amides is 1. The highest BCUT2D eigenvalue weighted by Gasteiger charge is 2.20. The van der Waals surface area contributed by atoms with Crippen molar-refractivity contribution in [2.75, 3.05) is 10.7 Å². The average molecular weight is 453 g/mol. The van der Waals surface area contributed by atoms with E-state index in [1.807, 2.05) is 6.07 Å². The van der Waals surface area contributed by atoms with E-state index < -0.39 is 27.2 Å². The third-order valence-electron chi connectivity index (χ3n) is 4.59. The molecule has 3 rings (SSSR count). The molecule has 3 aromatic rings. The van der Waals surface area contributed by atoms with Gasteiger partial charge in [0.05, 0.1) is 22.0 Å². The van der Waals surface area contributed by atoms with Gasteiger partial charge in [0.2, 0.25) is 15.7 Å². The van der Waals surface area contributed by atoms with Gasteiger partial charge in [-0.25, -0.2) is 18.2 Å². The summed E-state index contributed by atoms with van der Waals surface area (Å²) >= 11 is 0. The monoisotopic (exact) mass is 453 g/mol. The number of rotatable bonds is 6. The molecule has 1 amide bonds. The maximum Gasteiger partial charge on any atom is 0.295 e. The first-order valence-electron chi connectivity index (χ1n) is 9.15. The molecule has 12 heteroatoms. The van der Waals surface area contributed by atoms with Gasteiger partial charge in [-0.2, -0.15) is 10.4 Å². The van der Waals surface area contributed by atoms with Crippen molar-refractivity contribution >= 4 is 33.0 Å². The maximum atomic E-state index is 12.9. The van der Waals surface area contributed by atoms with E-state index >= 15 is 0 Å². The molecule has 2 aromatic carbocycles. The number of sulfonamides is 1. The summed E-state index contributed by atoms with van der Waals surface area (Å²) < 4.78 is 25.6. The Morgan fingerprint density at radius 3 is 2.31 bits per heavy atom. The second kappa shape index (κ2) is 8.88. The molecule has 32 heavy (non-hydrogen) atoms. The standard InChI is InChI=1S/C20H19N7O4S/c1-13-18(20(29)27(26(13)2)15-6-4-3-5-7-15)23-19(28)17(12-21)25-24-14-8-10-16(11-9-14)32(22,30)31/h3-11,24H,1-2H3,(H,23,28)(H2,22,30,31)/b25-17-. The van der Waals surface area contributed by atoms with Crippen LogP contribution >= 0.6 is 0 Å². The zero-order valence-corrected chi connectivity index (χ0v) is 17.9. The van der Waals surface area contributed by atoms with Crippen molar-refractivity contribution in [3.63, 3.8) is 0 Å². The minimum absolute atomic E-state index is 0.0156. The van der Waals surface area contributed by atoms with Gasteiger partial charge in [0.25, 0.3) is 11.5 Å². The lowest BCUT2D eigenvalue weighted by Gasteiger charge is -2.07. The molecule has 0 bridgehead atoms. The van der Waals surface area contributed by atoms with E-state index in [1.165, 1.54) is 28.9 Å². The maximum absolute atomic E-state index is 12.9. The Morgan fingerprint density at radius 1 is 1.12 bits per heavy atom. The molecule has 1 heterocycles. The van der Waals surface area contributed by atoms with Crippen molar-refractivity contribution in [3.8, 4) is 11.8 Å². The minimum Gasteiger partial charge on any atom is -0.314 e. The van der Waals surface area contributed by atoms with Gasteiger partial charge in [-0.05, 0) is 43.3 Å².